The van der Waals surface area contributed by atoms with Crippen LogP contribution in [0.2, 0.25) is 0 Å². The molecule has 0 saturated heterocycles. The van der Waals surface area contributed by atoms with Crippen molar-refractivity contribution in [2.45, 2.75) is 0 Å². The van der Waals surface area contributed by atoms with Crippen LogP contribution in [-0.2, 0) is 4.84 Å². The van der Waals surface area contributed by atoms with Crippen LogP contribution >= 0.6 is 15.9 Å². The lowest BCUT2D eigenvalue weighted by Crippen LogP contribution is -2.15. The summed E-state index contributed by atoms with van der Waals surface area (Å²) < 4.78 is 0.610. The predicted molar refractivity (Wildman–Crippen MR) is 78.9 cm³/mol. The van der Waals surface area contributed by atoms with Gasteiger partial charge in [0.25, 0.3) is 0 Å². The number of benzene rings is 1. The fourth-order valence-corrected chi connectivity index (χ4v) is 1.75. The lowest BCUT2D eigenvalue weighted by atomic mass is 10.2. The first-order valence-corrected chi connectivity index (χ1v) is 6.38. The van der Waals surface area contributed by atoms with Crippen molar-refractivity contribution >= 4 is 33.6 Å². The Morgan fingerprint density at radius 1 is 1.30 bits per heavy atom. The molecule has 0 aliphatic rings. The minimum absolute atomic E-state index is 0.0617. The maximum absolute atomic E-state index is 11.8. The molecule has 0 aliphatic carbocycles. The normalized spacial score (nSPS) is 11.2. The van der Waals surface area contributed by atoms with Gasteiger partial charge in [-0.3, -0.25) is 0 Å². The number of halogens is 1. The molecule has 1 heterocycles. The van der Waals surface area contributed by atoms with Crippen molar-refractivity contribution in [3.05, 3.63) is 58.2 Å². The summed E-state index contributed by atoms with van der Waals surface area (Å²) in [6.45, 7) is 0. The van der Waals surface area contributed by atoms with Gasteiger partial charge in [0.2, 0.25) is 0 Å². The highest BCUT2D eigenvalue weighted by Gasteiger charge is 2.13. The van der Waals surface area contributed by atoms with Gasteiger partial charge in [-0.1, -0.05) is 35.5 Å². The number of pyridine rings is 1. The average molecular weight is 335 g/mol. The number of oxime groups is 1. The Labute approximate surface area is 123 Å². The molecule has 102 valence electrons. The number of carbonyl (C=O) groups excluding carboxylic acids is 1. The zero-order chi connectivity index (χ0) is 14.5. The number of hydrogen-bond acceptors (Lipinski definition) is 5. The average Bonchev–Trinajstić information content (AvgIpc) is 2.47. The topological polar surface area (TPSA) is 104 Å². The molecule has 7 heteroatoms. The highest BCUT2D eigenvalue weighted by Crippen LogP contribution is 2.16. The fraction of sp³-hybridized carbons (Fsp3) is 0. The van der Waals surface area contributed by atoms with E-state index in [-0.39, 0.29) is 17.2 Å². The summed E-state index contributed by atoms with van der Waals surface area (Å²) in [6.07, 6.45) is 1.48. The summed E-state index contributed by atoms with van der Waals surface area (Å²) in [6, 6.07) is 10.4. The van der Waals surface area contributed by atoms with Gasteiger partial charge in [0.1, 0.15) is 11.4 Å². The van der Waals surface area contributed by atoms with E-state index >= 15 is 0 Å². The van der Waals surface area contributed by atoms with E-state index in [0.29, 0.717) is 10.0 Å². The van der Waals surface area contributed by atoms with Crippen molar-refractivity contribution < 1.29 is 9.63 Å². The first-order valence-electron chi connectivity index (χ1n) is 5.59. The van der Waals surface area contributed by atoms with E-state index < -0.39 is 5.97 Å². The van der Waals surface area contributed by atoms with Crippen molar-refractivity contribution in [1.29, 1.82) is 0 Å². The number of hydrogen-bond donors (Lipinski definition) is 2. The SMILES string of the molecule is N/C(=N\OC(=O)c1cc(Br)cnc1N)c1ccccc1. The van der Waals surface area contributed by atoms with Gasteiger partial charge in [-0.25, -0.2) is 9.78 Å². The third-order valence-electron chi connectivity index (χ3n) is 2.40. The zero-order valence-corrected chi connectivity index (χ0v) is 11.9. The van der Waals surface area contributed by atoms with Crippen molar-refractivity contribution in [3.63, 3.8) is 0 Å². The van der Waals surface area contributed by atoms with E-state index in [9.17, 15) is 4.79 Å². The van der Waals surface area contributed by atoms with Crippen molar-refractivity contribution in [3.8, 4) is 0 Å². The fourth-order valence-electron chi connectivity index (χ4n) is 1.41. The highest BCUT2D eigenvalue weighted by atomic mass is 79.9. The van der Waals surface area contributed by atoms with Gasteiger partial charge in [-0.05, 0) is 22.0 Å². The van der Waals surface area contributed by atoms with E-state index in [1.807, 2.05) is 6.07 Å². The molecule has 0 spiro atoms. The number of aromatic nitrogens is 1. The van der Waals surface area contributed by atoms with Crippen LogP contribution in [0.5, 0.6) is 0 Å². The molecular formula is C13H11BrN4O2. The maximum atomic E-state index is 11.8. The highest BCUT2D eigenvalue weighted by molar-refractivity contribution is 9.10. The van der Waals surface area contributed by atoms with Gasteiger partial charge in [0.15, 0.2) is 5.84 Å². The Morgan fingerprint density at radius 2 is 2.00 bits per heavy atom. The molecule has 1 aromatic carbocycles. The lowest BCUT2D eigenvalue weighted by molar-refractivity contribution is 0.0517. The van der Waals surface area contributed by atoms with E-state index in [0.717, 1.165) is 0 Å². The number of carbonyl (C=O) groups is 1. The summed E-state index contributed by atoms with van der Waals surface area (Å²) in [4.78, 5) is 20.4. The van der Waals surface area contributed by atoms with Gasteiger partial charge in [0.05, 0.1) is 0 Å². The Bertz CT molecular complexity index is 659. The van der Waals surface area contributed by atoms with Crippen LogP contribution in [0, 0.1) is 0 Å². The van der Waals surface area contributed by atoms with Crippen LogP contribution in [-0.4, -0.2) is 16.8 Å². The third kappa shape index (κ3) is 3.33. The van der Waals surface area contributed by atoms with E-state index in [2.05, 4.69) is 26.1 Å². The van der Waals surface area contributed by atoms with Gasteiger partial charge >= 0.3 is 5.97 Å². The molecule has 6 nitrogen and oxygen atoms in total. The van der Waals surface area contributed by atoms with E-state index in [4.69, 9.17) is 16.3 Å². The molecule has 0 radical (unpaired) electrons. The number of rotatable bonds is 3. The monoisotopic (exact) mass is 334 g/mol. The minimum atomic E-state index is -0.727. The summed E-state index contributed by atoms with van der Waals surface area (Å²) in [5.41, 5.74) is 12.1. The summed E-state index contributed by atoms with van der Waals surface area (Å²) in [5.74, 6) is -0.567. The molecule has 0 amide bonds. The van der Waals surface area contributed by atoms with E-state index in [1.165, 1.54) is 12.3 Å². The molecule has 0 saturated carbocycles. The lowest BCUT2D eigenvalue weighted by Gasteiger charge is -2.03. The number of nitrogens with two attached hydrogens (primary N) is 2. The van der Waals surface area contributed by atoms with Crippen molar-refractivity contribution in [1.82, 2.24) is 4.98 Å². The Morgan fingerprint density at radius 3 is 2.70 bits per heavy atom. The zero-order valence-electron chi connectivity index (χ0n) is 10.3. The Balaban J connectivity index is 2.14. The molecule has 0 unspecified atom stereocenters. The van der Waals surface area contributed by atoms with Gasteiger partial charge in [-0.2, -0.15) is 0 Å². The number of anilines is 1. The maximum Gasteiger partial charge on any atom is 0.369 e. The Kier molecular flexibility index (Phi) is 4.31. The van der Waals surface area contributed by atoms with Gasteiger partial charge in [0, 0.05) is 16.2 Å². The second-order valence-electron chi connectivity index (χ2n) is 3.81. The molecule has 0 aliphatic heterocycles. The van der Waals surface area contributed by atoms with E-state index in [1.54, 1.807) is 24.3 Å². The predicted octanol–water partition coefficient (Wildman–Crippen LogP) is 1.90. The van der Waals surface area contributed by atoms with Crippen LogP contribution in [0.25, 0.3) is 0 Å². The first kappa shape index (κ1) is 14.0. The standard InChI is InChI=1S/C13H11BrN4O2/c14-9-6-10(12(16)17-7-9)13(19)20-18-11(15)8-4-2-1-3-5-8/h1-7H,(H2,15,18)(H2,16,17). The summed E-state index contributed by atoms with van der Waals surface area (Å²) in [5, 5.41) is 3.59. The molecule has 2 aromatic rings. The minimum Gasteiger partial charge on any atom is -0.383 e. The molecule has 4 N–H and O–H groups in total. The molecule has 2 rings (SSSR count). The molecule has 0 fully saturated rings. The molecular weight excluding hydrogens is 324 g/mol. The molecule has 0 bridgehead atoms. The number of amidine groups is 1. The van der Waals surface area contributed by atoms with Crippen LogP contribution in [0.4, 0.5) is 5.82 Å². The second kappa shape index (κ2) is 6.16. The molecule has 1 aromatic heterocycles. The third-order valence-corrected chi connectivity index (χ3v) is 2.84. The summed E-state index contributed by atoms with van der Waals surface area (Å²) in [7, 11) is 0. The number of nitrogen functional groups attached to an aromatic ring is 1. The van der Waals surface area contributed by atoms with Crippen molar-refractivity contribution in [2.75, 3.05) is 5.73 Å². The van der Waals surface area contributed by atoms with Crippen LogP contribution in [0.3, 0.4) is 0 Å². The summed E-state index contributed by atoms with van der Waals surface area (Å²) >= 11 is 3.20. The molecule has 20 heavy (non-hydrogen) atoms. The number of nitrogens with zero attached hydrogens (tertiary/aromatic N) is 2. The van der Waals surface area contributed by atoms with Crippen LogP contribution in [0.1, 0.15) is 15.9 Å². The van der Waals surface area contributed by atoms with Gasteiger partial charge < -0.3 is 16.3 Å². The smallest absolute Gasteiger partial charge is 0.369 e. The largest absolute Gasteiger partial charge is 0.383 e. The van der Waals surface area contributed by atoms with Gasteiger partial charge in [-0.15, -0.1) is 0 Å². The van der Waals surface area contributed by atoms with Crippen molar-refractivity contribution in [2.24, 2.45) is 10.9 Å². The van der Waals surface area contributed by atoms with Crippen LogP contribution < -0.4 is 11.5 Å². The first-order chi connectivity index (χ1) is 9.58. The van der Waals surface area contributed by atoms with Crippen LogP contribution in [0.15, 0.2) is 52.2 Å². The second-order valence-corrected chi connectivity index (χ2v) is 4.72. The molecule has 0 atom stereocenters. The Hall–Kier alpha value is -2.41. The quantitative estimate of drug-likeness (QED) is 0.386.